The van der Waals surface area contributed by atoms with Crippen molar-refractivity contribution >= 4 is 23.2 Å². The van der Waals surface area contributed by atoms with E-state index in [1.54, 1.807) is 0 Å². The maximum absolute atomic E-state index is 12.2. The first-order chi connectivity index (χ1) is 14.0. The molecular formula is C22H28N4O3. The van der Waals surface area contributed by atoms with Crippen molar-refractivity contribution in [3.63, 3.8) is 0 Å². The number of amides is 1. The zero-order chi connectivity index (χ0) is 20.6. The van der Waals surface area contributed by atoms with E-state index in [0.29, 0.717) is 19.1 Å². The quantitative estimate of drug-likeness (QED) is 0.491. The zero-order valence-corrected chi connectivity index (χ0v) is 16.9. The van der Waals surface area contributed by atoms with Crippen LogP contribution in [0.1, 0.15) is 32.3 Å². The molecule has 0 bridgehead atoms. The van der Waals surface area contributed by atoms with Crippen LogP contribution in [0.4, 0.5) is 11.4 Å². The summed E-state index contributed by atoms with van der Waals surface area (Å²) in [6.45, 7) is 5.02. The summed E-state index contributed by atoms with van der Waals surface area (Å²) >= 11 is 0. The van der Waals surface area contributed by atoms with E-state index in [4.69, 9.17) is 15.2 Å². The summed E-state index contributed by atoms with van der Waals surface area (Å²) in [7, 11) is 0. The van der Waals surface area contributed by atoms with E-state index in [1.165, 1.54) is 0 Å². The Morgan fingerprint density at radius 3 is 2.69 bits per heavy atom. The lowest BCUT2D eigenvalue weighted by molar-refractivity contribution is -0.124. The molecule has 1 heterocycles. The first kappa shape index (κ1) is 20.7. The number of guanidine groups is 1. The van der Waals surface area contributed by atoms with Gasteiger partial charge in [0.1, 0.15) is 11.9 Å². The number of aliphatic imine (C=N–C) groups is 1. The Labute approximate surface area is 171 Å². The SMILES string of the molecule is CC(C)Oc1ccc(NC(N)=NCc2cccc(NC(=O)C3CCCO3)c2)cc1. The van der Waals surface area contributed by atoms with E-state index >= 15 is 0 Å². The maximum atomic E-state index is 12.2. The molecule has 1 fully saturated rings. The molecule has 2 aromatic carbocycles. The van der Waals surface area contributed by atoms with Crippen molar-refractivity contribution in [3.05, 3.63) is 54.1 Å². The number of nitrogens with one attached hydrogen (secondary N) is 2. The number of carbonyl (C=O) groups is 1. The molecular weight excluding hydrogens is 368 g/mol. The average molecular weight is 396 g/mol. The Hall–Kier alpha value is -3.06. The predicted octanol–water partition coefficient (Wildman–Crippen LogP) is 3.52. The first-order valence-electron chi connectivity index (χ1n) is 9.84. The van der Waals surface area contributed by atoms with Gasteiger partial charge in [-0.25, -0.2) is 4.99 Å². The summed E-state index contributed by atoms with van der Waals surface area (Å²) in [5.74, 6) is 1.02. The third-order valence-corrected chi connectivity index (χ3v) is 4.35. The van der Waals surface area contributed by atoms with Gasteiger partial charge in [-0.05, 0) is 68.7 Å². The molecule has 3 rings (SSSR count). The standard InChI is InChI=1S/C22H28N4O3/c1-15(2)29-19-10-8-17(9-11-19)26-22(23)24-14-16-5-3-6-18(13-16)25-21(27)20-7-4-12-28-20/h3,5-6,8-11,13,15,20H,4,7,12,14H2,1-2H3,(H,25,27)(H3,23,24,26). The Morgan fingerprint density at radius 2 is 2.00 bits per heavy atom. The largest absolute Gasteiger partial charge is 0.491 e. The number of nitrogens with two attached hydrogens (primary N) is 1. The normalized spacial score (nSPS) is 16.7. The Balaban J connectivity index is 1.54. The highest BCUT2D eigenvalue weighted by molar-refractivity contribution is 5.94. The Bertz CT molecular complexity index is 843. The van der Waals surface area contributed by atoms with Gasteiger partial charge in [0.05, 0.1) is 12.6 Å². The fourth-order valence-corrected chi connectivity index (χ4v) is 3.01. The summed E-state index contributed by atoms with van der Waals surface area (Å²) in [5.41, 5.74) is 8.50. The molecule has 1 amide bonds. The molecule has 1 atom stereocenters. The van der Waals surface area contributed by atoms with Crippen molar-refractivity contribution < 1.29 is 14.3 Å². The van der Waals surface area contributed by atoms with Crippen LogP contribution in [0.25, 0.3) is 0 Å². The molecule has 0 saturated carbocycles. The maximum Gasteiger partial charge on any atom is 0.253 e. The summed E-state index contributed by atoms with van der Waals surface area (Å²) in [5, 5.41) is 5.96. The lowest BCUT2D eigenvalue weighted by atomic mass is 10.2. The van der Waals surface area contributed by atoms with Crippen LogP contribution < -0.4 is 21.1 Å². The highest BCUT2D eigenvalue weighted by atomic mass is 16.5. The smallest absolute Gasteiger partial charge is 0.253 e. The number of carbonyl (C=O) groups excluding carboxylic acids is 1. The summed E-state index contributed by atoms with van der Waals surface area (Å²) in [4.78, 5) is 16.5. The average Bonchev–Trinajstić information content (AvgIpc) is 3.23. The highest BCUT2D eigenvalue weighted by Gasteiger charge is 2.23. The number of hydrogen-bond acceptors (Lipinski definition) is 4. The van der Waals surface area contributed by atoms with Crippen LogP contribution in [-0.2, 0) is 16.1 Å². The first-order valence-corrected chi connectivity index (χ1v) is 9.84. The minimum atomic E-state index is -0.353. The molecule has 154 valence electrons. The number of nitrogens with zero attached hydrogens (tertiary/aromatic N) is 1. The fourth-order valence-electron chi connectivity index (χ4n) is 3.01. The molecule has 1 unspecified atom stereocenters. The monoisotopic (exact) mass is 396 g/mol. The van der Waals surface area contributed by atoms with Crippen LogP contribution in [0.2, 0.25) is 0 Å². The van der Waals surface area contributed by atoms with E-state index in [9.17, 15) is 4.79 Å². The van der Waals surface area contributed by atoms with Gasteiger partial charge in [0.25, 0.3) is 5.91 Å². The topological polar surface area (TPSA) is 98.0 Å². The van der Waals surface area contributed by atoms with E-state index < -0.39 is 0 Å². The molecule has 1 aliphatic rings. The lowest BCUT2D eigenvalue weighted by Crippen LogP contribution is -2.26. The van der Waals surface area contributed by atoms with Gasteiger partial charge in [-0.15, -0.1) is 0 Å². The van der Waals surface area contributed by atoms with Crippen molar-refractivity contribution in [2.24, 2.45) is 10.7 Å². The van der Waals surface area contributed by atoms with E-state index in [-0.39, 0.29) is 18.1 Å². The van der Waals surface area contributed by atoms with Crippen LogP contribution in [-0.4, -0.2) is 30.7 Å². The Kier molecular flexibility index (Phi) is 7.08. The van der Waals surface area contributed by atoms with Gasteiger partial charge < -0.3 is 25.8 Å². The third kappa shape index (κ3) is 6.50. The van der Waals surface area contributed by atoms with Crippen LogP contribution >= 0.6 is 0 Å². The van der Waals surface area contributed by atoms with Gasteiger partial charge in [-0.1, -0.05) is 12.1 Å². The second-order valence-corrected chi connectivity index (χ2v) is 7.21. The van der Waals surface area contributed by atoms with Gasteiger partial charge >= 0.3 is 0 Å². The second kappa shape index (κ2) is 9.93. The van der Waals surface area contributed by atoms with Crippen LogP contribution in [0.3, 0.4) is 0 Å². The van der Waals surface area contributed by atoms with Crippen LogP contribution in [0, 0.1) is 0 Å². The minimum absolute atomic E-state index is 0.103. The van der Waals surface area contributed by atoms with Crippen molar-refractivity contribution in [3.8, 4) is 5.75 Å². The molecule has 1 saturated heterocycles. The van der Waals surface area contributed by atoms with Crippen molar-refractivity contribution in [2.75, 3.05) is 17.2 Å². The molecule has 0 spiro atoms. The van der Waals surface area contributed by atoms with E-state index in [0.717, 1.165) is 35.5 Å². The highest BCUT2D eigenvalue weighted by Crippen LogP contribution is 2.18. The molecule has 7 heteroatoms. The molecule has 2 aromatic rings. The molecule has 7 nitrogen and oxygen atoms in total. The van der Waals surface area contributed by atoms with Gasteiger partial charge in [0, 0.05) is 18.0 Å². The number of benzene rings is 2. The molecule has 0 aliphatic carbocycles. The lowest BCUT2D eigenvalue weighted by Gasteiger charge is -2.11. The molecule has 4 N–H and O–H groups in total. The molecule has 1 aliphatic heterocycles. The minimum Gasteiger partial charge on any atom is -0.491 e. The van der Waals surface area contributed by atoms with Crippen molar-refractivity contribution in [1.29, 1.82) is 0 Å². The number of rotatable bonds is 7. The number of ether oxygens (including phenoxy) is 2. The van der Waals surface area contributed by atoms with E-state index in [2.05, 4.69) is 15.6 Å². The molecule has 0 radical (unpaired) electrons. The number of hydrogen-bond donors (Lipinski definition) is 3. The second-order valence-electron chi connectivity index (χ2n) is 7.21. The van der Waals surface area contributed by atoms with Gasteiger partial charge in [0.2, 0.25) is 0 Å². The van der Waals surface area contributed by atoms with E-state index in [1.807, 2.05) is 62.4 Å². The van der Waals surface area contributed by atoms with Crippen LogP contribution in [0.15, 0.2) is 53.5 Å². The summed E-state index contributed by atoms with van der Waals surface area (Å²) < 4.78 is 11.0. The number of anilines is 2. The zero-order valence-electron chi connectivity index (χ0n) is 16.9. The fraction of sp³-hybridized carbons (Fsp3) is 0.364. The molecule has 0 aromatic heterocycles. The van der Waals surface area contributed by atoms with Gasteiger partial charge in [-0.3, -0.25) is 4.79 Å². The van der Waals surface area contributed by atoms with Gasteiger partial charge in [0.15, 0.2) is 5.96 Å². The van der Waals surface area contributed by atoms with Gasteiger partial charge in [-0.2, -0.15) is 0 Å². The van der Waals surface area contributed by atoms with Crippen molar-refractivity contribution in [2.45, 2.75) is 45.4 Å². The van der Waals surface area contributed by atoms with Crippen LogP contribution in [0.5, 0.6) is 5.75 Å². The summed E-state index contributed by atoms with van der Waals surface area (Å²) in [6, 6.07) is 15.1. The Morgan fingerprint density at radius 1 is 1.21 bits per heavy atom. The predicted molar refractivity (Wildman–Crippen MR) is 115 cm³/mol. The third-order valence-electron chi connectivity index (χ3n) is 4.35. The van der Waals surface area contributed by atoms with Crippen molar-refractivity contribution in [1.82, 2.24) is 0 Å². The summed E-state index contributed by atoms with van der Waals surface area (Å²) in [6.07, 6.45) is 1.47. The molecule has 29 heavy (non-hydrogen) atoms.